The van der Waals surface area contributed by atoms with Crippen molar-refractivity contribution < 1.29 is 41.4 Å². The van der Waals surface area contributed by atoms with Crippen molar-refractivity contribution in [2.75, 3.05) is 19.0 Å². The van der Waals surface area contributed by atoms with Crippen molar-refractivity contribution in [2.45, 2.75) is 12.8 Å². The van der Waals surface area contributed by atoms with Crippen LogP contribution < -0.4 is 14.8 Å². The van der Waals surface area contributed by atoms with E-state index in [9.17, 15) is 31.9 Å². The molecule has 208 valence electrons. The molecular formula is C27H19BrF4N2O5S. The average molecular weight is 639 g/mol. The topological polar surface area (TPSA) is 84.9 Å². The molecule has 3 aromatic carbocycles. The molecule has 1 aliphatic rings. The van der Waals surface area contributed by atoms with Crippen LogP contribution in [-0.2, 0) is 22.4 Å². The molecule has 1 fully saturated rings. The normalized spacial score (nSPS) is 14.6. The Morgan fingerprint density at radius 2 is 1.82 bits per heavy atom. The van der Waals surface area contributed by atoms with E-state index in [-0.39, 0.29) is 17.2 Å². The molecule has 3 amide bonds. The number of amides is 3. The summed E-state index contributed by atoms with van der Waals surface area (Å²) in [5, 5.41) is 1.56. The monoisotopic (exact) mass is 638 g/mol. The molecule has 0 aliphatic carbocycles. The first-order chi connectivity index (χ1) is 18.9. The summed E-state index contributed by atoms with van der Waals surface area (Å²) in [6, 6.07) is 13.1. The maximum Gasteiger partial charge on any atom is 0.416 e. The smallest absolute Gasteiger partial charge is 0.416 e. The van der Waals surface area contributed by atoms with Gasteiger partial charge in [-0.2, -0.15) is 13.2 Å². The molecule has 7 nitrogen and oxygen atoms in total. The molecule has 1 heterocycles. The first-order valence-electron chi connectivity index (χ1n) is 11.4. The highest BCUT2D eigenvalue weighted by Gasteiger charge is 2.37. The molecule has 4 rings (SSSR count). The van der Waals surface area contributed by atoms with Crippen LogP contribution in [0.1, 0.15) is 16.7 Å². The van der Waals surface area contributed by atoms with Gasteiger partial charge in [-0.15, -0.1) is 0 Å². The fraction of sp³-hybridized carbons (Fsp3) is 0.148. The average Bonchev–Trinajstić information content (AvgIpc) is 3.15. The lowest BCUT2D eigenvalue weighted by molar-refractivity contribution is -0.137. The Bertz CT molecular complexity index is 1510. The minimum absolute atomic E-state index is 0.0213. The lowest BCUT2D eigenvalue weighted by Gasteiger charge is -2.14. The van der Waals surface area contributed by atoms with Gasteiger partial charge in [0.25, 0.3) is 11.1 Å². The molecule has 0 unspecified atom stereocenters. The quantitative estimate of drug-likeness (QED) is 0.214. The highest BCUT2D eigenvalue weighted by atomic mass is 79.9. The van der Waals surface area contributed by atoms with Crippen LogP contribution in [0.4, 0.5) is 28.0 Å². The number of thioether (sulfide) groups is 1. The summed E-state index contributed by atoms with van der Waals surface area (Å²) < 4.78 is 63.9. The van der Waals surface area contributed by atoms with E-state index in [4.69, 9.17) is 9.47 Å². The summed E-state index contributed by atoms with van der Waals surface area (Å²) in [5.74, 6) is -1.33. The van der Waals surface area contributed by atoms with Gasteiger partial charge in [-0.1, -0.05) is 34.1 Å². The van der Waals surface area contributed by atoms with E-state index in [0.717, 1.165) is 18.2 Å². The Morgan fingerprint density at radius 3 is 2.52 bits per heavy atom. The molecule has 13 heteroatoms. The van der Waals surface area contributed by atoms with Crippen LogP contribution >= 0.6 is 27.7 Å². The Balaban J connectivity index is 1.46. The number of ether oxygens (including phenoxy) is 2. The van der Waals surface area contributed by atoms with E-state index < -0.39 is 41.2 Å². The van der Waals surface area contributed by atoms with Gasteiger partial charge in [0.2, 0.25) is 5.91 Å². The van der Waals surface area contributed by atoms with Crippen molar-refractivity contribution >= 4 is 56.5 Å². The van der Waals surface area contributed by atoms with Gasteiger partial charge in [-0.25, -0.2) is 4.39 Å². The molecule has 3 aromatic rings. The van der Waals surface area contributed by atoms with E-state index in [1.54, 1.807) is 24.3 Å². The van der Waals surface area contributed by atoms with Crippen molar-refractivity contribution in [2.24, 2.45) is 0 Å². The van der Waals surface area contributed by atoms with Crippen molar-refractivity contribution in [1.82, 2.24) is 4.90 Å². The first-order valence-corrected chi connectivity index (χ1v) is 13.0. The number of imide groups is 1. The zero-order valence-electron chi connectivity index (χ0n) is 20.6. The van der Waals surface area contributed by atoms with Gasteiger partial charge < -0.3 is 14.8 Å². The van der Waals surface area contributed by atoms with Gasteiger partial charge in [0, 0.05) is 10.2 Å². The van der Waals surface area contributed by atoms with Gasteiger partial charge in [0.1, 0.15) is 19.0 Å². The molecule has 0 aromatic heterocycles. The lowest BCUT2D eigenvalue weighted by atomic mass is 10.1. The number of carbonyl (C=O) groups excluding carboxylic acids is 3. The summed E-state index contributed by atoms with van der Waals surface area (Å²) in [6.45, 7) is -0.614. The molecular weight excluding hydrogens is 620 g/mol. The van der Waals surface area contributed by atoms with Gasteiger partial charge in [-0.3, -0.25) is 19.3 Å². The number of hydrogen-bond donors (Lipinski definition) is 1. The summed E-state index contributed by atoms with van der Waals surface area (Å²) in [7, 11) is 1.42. The lowest BCUT2D eigenvalue weighted by Crippen LogP contribution is -2.36. The number of carbonyl (C=O) groups is 3. The minimum atomic E-state index is -4.60. The largest absolute Gasteiger partial charge is 0.493 e. The second-order valence-electron chi connectivity index (χ2n) is 8.34. The number of hydrogen-bond acceptors (Lipinski definition) is 6. The molecule has 1 saturated heterocycles. The molecule has 1 aliphatic heterocycles. The van der Waals surface area contributed by atoms with Crippen LogP contribution in [-0.4, -0.2) is 35.6 Å². The fourth-order valence-corrected chi connectivity index (χ4v) is 4.88. The van der Waals surface area contributed by atoms with Crippen LogP contribution in [0.2, 0.25) is 0 Å². The number of anilines is 1. The third-order valence-corrected chi connectivity index (χ3v) is 7.10. The van der Waals surface area contributed by atoms with E-state index in [1.807, 2.05) is 0 Å². The van der Waals surface area contributed by atoms with Crippen LogP contribution in [0.15, 0.2) is 70.0 Å². The summed E-state index contributed by atoms with van der Waals surface area (Å²) in [5.41, 5.74) is -0.00856. The van der Waals surface area contributed by atoms with Crippen LogP contribution in [0.25, 0.3) is 6.08 Å². The van der Waals surface area contributed by atoms with Gasteiger partial charge >= 0.3 is 6.18 Å². The fourth-order valence-electron chi connectivity index (χ4n) is 3.62. The summed E-state index contributed by atoms with van der Waals surface area (Å²) in [6.07, 6.45) is -3.17. The molecule has 0 radical (unpaired) electrons. The van der Waals surface area contributed by atoms with Gasteiger partial charge in [0.15, 0.2) is 11.5 Å². The first kappa shape index (κ1) is 29.2. The maximum atomic E-state index is 13.4. The number of benzene rings is 3. The van der Waals surface area contributed by atoms with Crippen molar-refractivity contribution in [3.8, 4) is 11.5 Å². The van der Waals surface area contributed by atoms with Crippen molar-refractivity contribution in [1.29, 1.82) is 0 Å². The summed E-state index contributed by atoms with van der Waals surface area (Å²) in [4.78, 5) is 38.5. The molecule has 1 N–H and O–H groups in total. The Hall–Kier alpha value is -3.84. The van der Waals surface area contributed by atoms with E-state index in [0.29, 0.717) is 43.8 Å². The third kappa shape index (κ3) is 7.02. The maximum absolute atomic E-state index is 13.4. The Morgan fingerprint density at radius 1 is 1.07 bits per heavy atom. The standard InChI is InChI=1S/C27H19BrF4N2O5S/c1-38-21-9-16(20(28)12-22(21)39-14-15-4-2-6-18(29)8-15)10-23-25(36)34(26(37)40-23)13-24(35)33-19-7-3-5-17(11-19)27(30,31)32/h2-12H,13-14H2,1H3,(H,33,35)/b23-10-. The zero-order chi connectivity index (χ0) is 29.0. The second kappa shape index (κ2) is 12.1. The van der Waals surface area contributed by atoms with Crippen molar-refractivity contribution in [3.63, 3.8) is 0 Å². The second-order valence-corrected chi connectivity index (χ2v) is 10.2. The van der Waals surface area contributed by atoms with Crippen LogP contribution in [0, 0.1) is 5.82 Å². The van der Waals surface area contributed by atoms with Gasteiger partial charge in [0.05, 0.1) is 17.6 Å². The molecule has 0 spiro atoms. The third-order valence-electron chi connectivity index (χ3n) is 5.50. The minimum Gasteiger partial charge on any atom is -0.493 e. The number of nitrogens with one attached hydrogen (secondary N) is 1. The molecule has 40 heavy (non-hydrogen) atoms. The number of rotatable bonds is 8. The predicted octanol–water partition coefficient (Wildman–Crippen LogP) is 6.87. The Labute approximate surface area is 238 Å². The molecule has 0 saturated carbocycles. The number of halogens is 5. The van der Waals surface area contributed by atoms with E-state index in [2.05, 4.69) is 21.2 Å². The van der Waals surface area contributed by atoms with E-state index in [1.165, 1.54) is 31.4 Å². The SMILES string of the molecule is COc1cc(/C=C2\SC(=O)N(CC(=O)Nc3cccc(C(F)(F)F)c3)C2=O)c(Br)cc1OCc1cccc(F)c1. The van der Waals surface area contributed by atoms with Gasteiger partial charge in [-0.05, 0) is 71.4 Å². The highest BCUT2D eigenvalue weighted by Crippen LogP contribution is 2.38. The molecule has 0 atom stereocenters. The van der Waals surface area contributed by atoms with E-state index >= 15 is 0 Å². The zero-order valence-corrected chi connectivity index (χ0v) is 23.0. The predicted molar refractivity (Wildman–Crippen MR) is 144 cm³/mol. The number of nitrogens with zero attached hydrogens (tertiary/aromatic N) is 1. The number of methoxy groups -OCH3 is 1. The highest BCUT2D eigenvalue weighted by molar-refractivity contribution is 9.10. The molecule has 0 bridgehead atoms. The Kier molecular flexibility index (Phi) is 8.84. The van der Waals surface area contributed by atoms with Crippen molar-refractivity contribution in [3.05, 3.63) is 92.5 Å². The number of alkyl halides is 3. The van der Waals surface area contributed by atoms with Crippen LogP contribution in [0.3, 0.4) is 0 Å². The summed E-state index contributed by atoms with van der Waals surface area (Å²) >= 11 is 4.01. The van der Waals surface area contributed by atoms with Crippen LogP contribution in [0.5, 0.6) is 11.5 Å².